The van der Waals surface area contributed by atoms with Gasteiger partial charge in [0.1, 0.15) is 23.0 Å². The molecule has 4 rings (SSSR count). The Labute approximate surface area is 220 Å². The maximum absolute atomic E-state index is 13.2. The second kappa shape index (κ2) is 11.8. The van der Waals surface area contributed by atoms with Gasteiger partial charge in [-0.05, 0) is 92.8 Å². The number of ether oxygens (including phenoxy) is 2. The van der Waals surface area contributed by atoms with Crippen LogP contribution in [0.15, 0.2) is 60.7 Å². The normalized spacial score (nSPS) is 16.4. The van der Waals surface area contributed by atoms with E-state index in [9.17, 15) is 14.9 Å². The van der Waals surface area contributed by atoms with Gasteiger partial charge in [-0.25, -0.2) is 4.79 Å². The first-order valence-electron chi connectivity index (χ1n) is 12.1. The Morgan fingerprint density at radius 2 is 1.37 bits per heavy atom. The molecule has 0 atom stereocenters. The van der Waals surface area contributed by atoms with Crippen LogP contribution in [0.2, 0.25) is 0 Å². The van der Waals surface area contributed by atoms with Crippen molar-refractivity contribution in [3.63, 3.8) is 0 Å². The second-order valence-corrected chi connectivity index (χ2v) is 9.09. The molecule has 0 spiro atoms. The summed E-state index contributed by atoms with van der Waals surface area (Å²) in [7, 11) is 0. The number of amides is 2. The van der Waals surface area contributed by atoms with E-state index >= 15 is 0 Å². The van der Waals surface area contributed by atoms with Crippen molar-refractivity contribution in [2.45, 2.75) is 44.7 Å². The molecule has 3 N–H and O–H groups in total. The molecule has 0 unspecified atom stereocenters. The number of benzene rings is 3. The first-order valence-corrected chi connectivity index (χ1v) is 12.1. The number of nitriles is 2. The average Bonchev–Trinajstić information content (AvgIpc) is 2.90. The second-order valence-electron chi connectivity index (χ2n) is 9.09. The van der Waals surface area contributed by atoms with Gasteiger partial charge in [-0.1, -0.05) is 0 Å². The molecular weight excluding hydrogens is 484 g/mol. The zero-order valence-corrected chi connectivity index (χ0v) is 20.7. The fourth-order valence-electron chi connectivity index (χ4n) is 4.34. The maximum atomic E-state index is 13.2. The van der Waals surface area contributed by atoms with Crippen molar-refractivity contribution in [3.8, 4) is 35.1 Å². The van der Waals surface area contributed by atoms with Crippen LogP contribution in [0.3, 0.4) is 0 Å². The molecule has 0 saturated heterocycles. The minimum Gasteiger partial charge on any atom is -0.465 e. The zero-order valence-electron chi connectivity index (χ0n) is 20.7. The number of carboxylic acid groups (broad SMARTS) is 1. The summed E-state index contributed by atoms with van der Waals surface area (Å²) in [6.45, 7) is 1.81. The highest BCUT2D eigenvalue weighted by Gasteiger charge is 2.24. The Morgan fingerprint density at radius 3 is 1.92 bits per heavy atom. The van der Waals surface area contributed by atoms with E-state index in [-0.39, 0.29) is 18.0 Å². The van der Waals surface area contributed by atoms with E-state index in [1.807, 2.05) is 6.92 Å². The predicted molar refractivity (Wildman–Crippen MR) is 138 cm³/mol. The molecule has 1 fully saturated rings. The van der Waals surface area contributed by atoms with Gasteiger partial charge in [-0.3, -0.25) is 4.79 Å². The molecule has 0 bridgehead atoms. The summed E-state index contributed by atoms with van der Waals surface area (Å²) < 4.78 is 12.0. The van der Waals surface area contributed by atoms with Crippen LogP contribution in [0.4, 0.5) is 4.79 Å². The molecule has 2 amide bonds. The molecular formula is C29H26N4O5. The largest absolute Gasteiger partial charge is 0.465 e. The minimum atomic E-state index is -1.04. The van der Waals surface area contributed by atoms with Crippen LogP contribution in [-0.4, -0.2) is 29.2 Å². The Kier molecular flexibility index (Phi) is 8.10. The van der Waals surface area contributed by atoms with E-state index in [0.717, 1.165) is 5.56 Å². The summed E-state index contributed by atoms with van der Waals surface area (Å²) in [6, 6.07) is 20.6. The van der Waals surface area contributed by atoms with Crippen molar-refractivity contribution < 1.29 is 24.2 Å². The lowest BCUT2D eigenvalue weighted by molar-refractivity contribution is 0.0922. The molecule has 3 aromatic carbocycles. The lowest BCUT2D eigenvalue weighted by Crippen LogP contribution is -2.43. The number of rotatable bonds is 7. The van der Waals surface area contributed by atoms with E-state index in [2.05, 4.69) is 22.8 Å². The summed E-state index contributed by atoms with van der Waals surface area (Å²) in [5.74, 6) is 1.45. The number of aryl methyl sites for hydroxylation is 1. The van der Waals surface area contributed by atoms with Crippen LogP contribution in [-0.2, 0) is 0 Å². The summed E-state index contributed by atoms with van der Waals surface area (Å²) in [5, 5.41) is 32.7. The highest BCUT2D eigenvalue weighted by atomic mass is 16.5. The predicted octanol–water partition coefficient (Wildman–Crippen LogP) is 5.63. The van der Waals surface area contributed by atoms with Crippen molar-refractivity contribution in [2.75, 3.05) is 0 Å². The van der Waals surface area contributed by atoms with Gasteiger partial charge in [-0.2, -0.15) is 10.5 Å². The molecule has 38 heavy (non-hydrogen) atoms. The number of carbonyl (C=O) groups is 2. The van der Waals surface area contributed by atoms with Crippen molar-refractivity contribution >= 4 is 12.0 Å². The number of hydrogen-bond donors (Lipinski definition) is 3. The van der Waals surface area contributed by atoms with Crippen molar-refractivity contribution in [3.05, 3.63) is 82.9 Å². The summed E-state index contributed by atoms with van der Waals surface area (Å²) >= 11 is 0. The molecule has 9 heteroatoms. The quantitative estimate of drug-likeness (QED) is 0.373. The van der Waals surface area contributed by atoms with Gasteiger partial charge in [-0.15, -0.1) is 0 Å². The Bertz CT molecular complexity index is 1410. The molecule has 3 aromatic rings. The Balaban J connectivity index is 1.55. The standard InChI is InChI=1S/C29H26N4O5/c1-18-12-25(11-4-20(18)17-31)38-27-14-21(13-26(15-27)37-24-9-2-19(16-30)3-10-24)28(34)32-22-5-7-23(8-6-22)33-29(35)36/h2-4,9-15,22-23,33H,5-8H2,1H3,(H,32,34)(H,35,36). The number of hydrogen-bond acceptors (Lipinski definition) is 6. The number of nitrogens with zero attached hydrogens (tertiary/aromatic N) is 2. The fraction of sp³-hybridized carbons (Fsp3) is 0.241. The fourth-order valence-corrected chi connectivity index (χ4v) is 4.34. The summed E-state index contributed by atoms with van der Waals surface area (Å²) in [5.41, 5.74) is 2.14. The molecule has 1 saturated carbocycles. The number of nitrogens with one attached hydrogen (secondary N) is 2. The number of carbonyl (C=O) groups excluding carboxylic acids is 1. The summed E-state index contributed by atoms with van der Waals surface area (Å²) in [6.07, 6.45) is 1.57. The van der Waals surface area contributed by atoms with Crippen LogP contribution in [0.1, 0.15) is 52.7 Å². The summed E-state index contributed by atoms with van der Waals surface area (Å²) in [4.78, 5) is 24.1. The van der Waals surface area contributed by atoms with E-state index < -0.39 is 6.09 Å². The first kappa shape index (κ1) is 26.1. The molecule has 1 aliphatic carbocycles. The molecule has 0 radical (unpaired) electrons. The van der Waals surface area contributed by atoms with Gasteiger partial charge in [0.05, 0.1) is 23.3 Å². The van der Waals surface area contributed by atoms with E-state index in [0.29, 0.717) is 65.4 Å². The maximum Gasteiger partial charge on any atom is 0.404 e. The first-order chi connectivity index (χ1) is 18.3. The van der Waals surface area contributed by atoms with Gasteiger partial charge in [0.2, 0.25) is 0 Å². The van der Waals surface area contributed by atoms with E-state index in [4.69, 9.17) is 19.8 Å². The molecule has 9 nitrogen and oxygen atoms in total. The third kappa shape index (κ3) is 6.80. The monoisotopic (exact) mass is 510 g/mol. The van der Waals surface area contributed by atoms with Gasteiger partial charge >= 0.3 is 6.09 Å². The SMILES string of the molecule is Cc1cc(Oc2cc(Oc3ccc(C#N)cc3)cc(C(=O)NC3CCC(NC(=O)O)CC3)c2)ccc1C#N. The van der Waals surface area contributed by atoms with Gasteiger partial charge in [0.15, 0.2) is 0 Å². The molecule has 0 heterocycles. The van der Waals surface area contributed by atoms with Crippen molar-refractivity contribution in [2.24, 2.45) is 0 Å². The van der Waals surface area contributed by atoms with Crippen LogP contribution in [0.25, 0.3) is 0 Å². The third-order valence-corrected chi connectivity index (χ3v) is 6.31. The Hall–Kier alpha value is -5.02. The van der Waals surface area contributed by atoms with Crippen LogP contribution < -0.4 is 20.1 Å². The van der Waals surface area contributed by atoms with Gasteiger partial charge < -0.3 is 25.2 Å². The third-order valence-electron chi connectivity index (χ3n) is 6.31. The van der Waals surface area contributed by atoms with E-state index in [1.54, 1.807) is 60.7 Å². The van der Waals surface area contributed by atoms with Crippen molar-refractivity contribution in [1.29, 1.82) is 10.5 Å². The van der Waals surface area contributed by atoms with Crippen LogP contribution >= 0.6 is 0 Å². The lowest BCUT2D eigenvalue weighted by atomic mass is 9.91. The average molecular weight is 511 g/mol. The van der Waals surface area contributed by atoms with E-state index in [1.165, 1.54) is 0 Å². The van der Waals surface area contributed by atoms with Crippen LogP contribution in [0, 0.1) is 29.6 Å². The topological polar surface area (TPSA) is 144 Å². The van der Waals surface area contributed by atoms with Gasteiger partial charge in [0, 0.05) is 23.7 Å². The highest BCUT2D eigenvalue weighted by Crippen LogP contribution is 2.31. The Morgan fingerprint density at radius 1 is 0.789 bits per heavy atom. The molecule has 1 aliphatic rings. The van der Waals surface area contributed by atoms with Crippen LogP contribution in [0.5, 0.6) is 23.0 Å². The molecule has 192 valence electrons. The minimum absolute atomic E-state index is 0.0806. The zero-order chi connectivity index (χ0) is 27.1. The van der Waals surface area contributed by atoms with Crippen molar-refractivity contribution in [1.82, 2.24) is 10.6 Å². The highest BCUT2D eigenvalue weighted by molar-refractivity contribution is 5.95. The van der Waals surface area contributed by atoms with Gasteiger partial charge in [0.25, 0.3) is 5.91 Å². The smallest absolute Gasteiger partial charge is 0.404 e. The molecule has 0 aromatic heterocycles. The molecule has 0 aliphatic heterocycles. The lowest BCUT2D eigenvalue weighted by Gasteiger charge is -2.29.